The van der Waals surface area contributed by atoms with Gasteiger partial charge in [-0.25, -0.2) is 15.0 Å². The zero-order valence-corrected chi connectivity index (χ0v) is 12.8. The van der Waals surface area contributed by atoms with Gasteiger partial charge < -0.3 is 10.3 Å². The number of hydrogen-bond acceptors (Lipinski definition) is 5. The molecule has 3 aromatic rings. The summed E-state index contributed by atoms with van der Waals surface area (Å²) in [5.74, 6) is -0.256. The molecule has 0 saturated heterocycles. The van der Waals surface area contributed by atoms with Crippen LogP contribution >= 0.6 is 0 Å². The summed E-state index contributed by atoms with van der Waals surface area (Å²) in [6, 6.07) is 6.52. The van der Waals surface area contributed by atoms with E-state index in [2.05, 4.69) is 25.3 Å². The molecule has 0 fully saturated rings. The van der Waals surface area contributed by atoms with Gasteiger partial charge in [0.2, 0.25) is 0 Å². The van der Waals surface area contributed by atoms with Crippen molar-refractivity contribution in [2.45, 2.75) is 20.4 Å². The van der Waals surface area contributed by atoms with Gasteiger partial charge in [-0.15, -0.1) is 0 Å². The number of aryl methyl sites for hydroxylation is 2. The molecule has 7 heteroatoms. The van der Waals surface area contributed by atoms with Crippen molar-refractivity contribution in [1.82, 2.24) is 25.3 Å². The highest BCUT2D eigenvalue weighted by Crippen LogP contribution is 2.14. The van der Waals surface area contributed by atoms with Gasteiger partial charge in [-0.2, -0.15) is 0 Å². The number of aromatic nitrogens is 4. The van der Waals surface area contributed by atoms with Gasteiger partial charge in [0.05, 0.1) is 41.0 Å². The van der Waals surface area contributed by atoms with Gasteiger partial charge in [0, 0.05) is 11.6 Å². The van der Waals surface area contributed by atoms with Gasteiger partial charge in [-0.3, -0.25) is 9.59 Å². The van der Waals surface area contributed by atoms with Crippen molar-refractivity contribution in [2.24, 2.45) is 0 Å². The van der Waals surface area contributed by atoms with Crippen molar-refractivity contribution in [3.8, 4) is 0 Å². The van der Waals surface area contributed by atoms with E-state index in [1.807, 2.05) is 13.8 Å². The molecule has 0 atom stereocenters. The highest BCUT2D eigenvalue weighted by atomic mass is 16.1. The summed E-state index contributed by atoms with van der Waals surface area (Å²) in [4.78, 5) is 38.7. The molecule has 2 heterocycles. The molecule has 23 heavy (non-hydrogen) atoms. The van der Waals surface area contributed by atoms with Crippen molar-refractivity contribution in [3.63, 3.8) is 0 Å². The number of rotatable bonds is 3. The number of benzene rings is 1. The fraction of sp³-hybridized carbons (Fsp3) is 0.188. The predicted molar refractivity (Wildman–Crippen MR) is 85.0 cm³/mol. The van der Waals surface area contributed by atoms with Crippen LogP contribution in [0.5, 0.6) is 0 Å². The van der Waals surface area contributed by atoms with Crippen LogP contribution in [0.3, 0.4) is 0 Å². The summed E-state index contributed by atoms with van der Waals surface area (Å²) in [6.45, 7) is 3.96. The van der Waals surface area contributed by atoms with E-state index >= 15 is 0 Å². The molecule has 0 saturated carbocycles. The Balaban J connectivity index is 1.80. The molecule has 0 aliphatic rings. The first-order chi connectivity index (χ1) is 11.0. The van der Waals surface area contributed by atoms with Gasteiger partial charge in [0.25, 0.3) is 11.5 Å². The van der Waals surface area contributed by atoms with Crippen LogP contribution in [0.1, 0.15) is 27.4 Å². The lowest BCUT2D eigenvalue weighted by atomic mass is 10.1. The van der Waals surface area contributed by atoms with Crippen LogP contribution in [0.25, 0.3) is 11.0 Å². The molecule has 0 aliphatic carbocycles. The van der Waals surface area contributed by atoms with Gasteiger partial charge >= 0.3 is 0 Å². The Kier molecular flexibility index (Phi) is 3.84. The Hall–Kier alpha value is -3.09. The second-order valence-corrected chi connectivity index (χ2v) is 5.18. The average Bonchev–Trinajstić information content (AvgIpc) is 2.53. The Morgan fingerprint density at radius 3 is 2.61 bits per heavy atom. The van der Waals surface area contributed by atoms with Crippen LogP contribution < -0.4 is 10.9 Å². The quantitative estimate of drug-likeness (QED) is 0.758. The third-order valence-corrected chi connectivity index (χ3v) is 3.50. The zero-order valence-electron chi connectivity index (χ0n) is 12.8. The minimum Gasteiger partial charge on any atom is -0.346 e. The Labute approximate surface area is 131 Å². The number of hydrogen-bond donors (Lipinski definition) is 2. The molecule has 2 N–H and O–H groups in total. The number of nitrogens with one attached hydrogen (secondary N) is 2. The van der Waals surface area contributed by atoms with Crippen molar-refractivity contribution in [3.05, 3.63) is 63.6 Å². The van der Waals surface area contributed by atoms with Crippen LogP contribution in [-0.4, -0.2) is 25.8 Å². The number of nitrogens with zero attached hydrogens (tertiary/aromatic N) is 3. The summed E-state index contributed by atoms with van der Waals surface area (Å²) in [7, 11) is 0. The minimum atomic E-state index is -0.256. The fourth-order valence-corrected chi connectivity index (χ4v) is 2.15. The van der Waals surface area contributed by atoms with Crippen LogP contribution in [0.4, 0.5) is 0 Å². The predicted octanol–water partition coefficient (Wildman–Crippen LogP) is 1.26. The molecule has 7 nitrogen and oxygen atoms in total. The lowest BCUT2D eigenvalue weighted by Crippen LogP contribution is -2.24. The largest absolute Gasteiger partial charge is 0.346 e. The van der Waals surface area contributed by atoms with Crippen molar-refractivity contribution >= 4 is 16.9 Å². The SMILES string of the molecule is Cc1nc2ccc(C(=O)NCc3cc(=O)[nH]cn3)cc2nc1C. The summed E-state index contributed by atoms with van der Waals surface area (Å²) >= 11 is 0. The topological polar surface area (TPSA) is 101 Å². The van der Waals surface area contributed by atoms with E-state index < -0.39 is 0 Å². The summed E-state index contributed by atoms with van der Waals surface area (Å²) < 4.78 is 0. The second kappa shape index (κ2) is 5.96. The number of H-pyrrole nitrogens is 1. The molecule has 0 bridgehead atoms. The molecule has 116 valence electrons. The third-order valence-electron chi connectivity index (χ3n) is 3.50. The van der Waals surface area contributed by atoms with Gasteiger partial charge in [-0.05, 0) is 32.0 Å². The average molecular weight is 309 g/mol. The van der Waals surface area contributed by atoms with Crippen LogP contribution in [-0.2, 0) is 6.54 Å². The first-order valence-electron chi connectivity index (χ1n) is 7.10. The number of aromatic amines is 1. The molecule has 1 aromatic carbocycles. The van der Waals surface area contributed by atoms with Crippen LogP contribution in [0.2, 0.25) is 0 Å². The Morgan fingerprint density at radius 2 is 1.87 bits per heavy atom. The maximum atomic E-state index is 12.2. The summed E-state index contributed by atoms with van der Waals surface area (Å²) in [5, 5.41) is 2.73. The van der Waals surface area contributed by atoms with Crippen molar-refractivity contribution in [1.29, 1.82) is 0 Å². The highest BCUT2D eigenvalue weighted by molar-refractivity contribution is 5.97. The maximum Gasteiger partial charge on any atom is 0.251 e. The molecule has 0 radical (unpaired) electrons. The molecule has 0 aliphatic heterocycles. The lowest BCUT2D eigenvalue weighted by molar-refractivity contribution is 0.0950. The standard InChI is InChI=1S/C16H15N5O2/c1-9-10(2)21-14-5-11(3-4-13(14)20-9)16(23)17-7-12-6-15(22)19-8-18-12/h3-6,8H,7H2,1-2H3,(H,17,23)(H,18,19,22). The lowest BCUT2D eigenvalue weighted by Gasteiger charge is -2.06. The van der Waals surface area contributed by atoms with Crippen LogP contribution in [0, 0.1) is 13.8 Å². The van der Waals surface area contributed by atoms with Gasteiger partial charge in [0.1, 0.15) is 0 Å². The van der Waals surface area contributed by atoms with E-state index in [-0.39, 0.29) is 18.0 Å². The molecule has 2 aromatic heterocycles. The molecule has 0 spiro atoms. The van der Waals surface area contributed by atoms with Crippen molar-refractivity contribution in [2.75, 3.05) is 0 Å². The Morgan fingerprint density at radius 1 is 1.13 bits per heavy atom. The van der Waals surface area contributed by atoms with E-state index in [1.54, 1.807) is 18.2 Å². The highest BCUT2D eigenvalue weighted by Gasteiger charge is 2.09. The first-order valence-corrected chi connectivity index (χ1v) is 7.10. The Bertz CT molecular complexity index is 949. The number of carbonyl (C=O) groups excluding carboxylic acids is 1. The van der Waals surface area contributed by atoms with E-state index in [9.17, 15) is 9.59 Å². The third kappa shape index (κ3) is 3.23. The maximum absolute atomic E-state index is 12.2. The summed E-state index contributed by atoms with van der Waals surface area (Å²) in [6.07, 6.45) is 1.31. The number of fused-ring (bicyclic) bond motifs is 1. The molecular weight excluding hydrogens is 294 g/mol. The molecule has 0 unspecified atom stereocenters. The van der Waals surface area contributed by atoms with E-state index in [1.165, 1.54) is 12.4 Å². The van der Waals surface area contributed by atoms with Crippen molar-refractivity contribution < 1.29 is 4.79 Å². The van der Waals surface area contributed by atoms with E-state index in [0.717, 1.165) is 16.9 Å². The monoisotopic (exact) mass is 309 g/mol. The first kappa shape index (κ1) is 14.8. The molecular formula is C16H15N5O2. The van der Waals surface area contributed by atoms with Gasteiger partial charge in [-0.1, -0.05) is 0 Å². The van der Waals surface area contributed by atoms with E-state index in [4.69, 9.17) is 0 Å². The molecule has 1 amide bonds. The number of amides is 1. The molecule has 3 rings (SSSR count). The normalized spacial score (nSPS) is 10.7. The van der Waals surface area contributed by atoms with Gasteiger partial charge in [0.15, 0.2) is 0 Å². The van der Waals surface area contributed by atoms with Crippen LogP contribution in [0.15, 0.2) is 35.4 Å². The fourth-order valence-electron chi connectivity index (χ4n) is 2.15. The minimum absolute atomic E-state index is 0.180. The number of carbonyl (C=O) groups is 1. The summed E-state index contributed by atoms with van der Waals surface area (Å²) in [5.41, 5.74) is 3.86. The van der Waals surface area contributed by atoms with E-state index in [0.29, 0.717) is 16.8 Å². The zero-order chi connectivity index (χ0) is 16.4. The smallest absolute Gasteiger partial charge is 0.251 e. The second-order valence-electron chi connectivity index (χ2n) is 5.18.